The van der Waals surface area contributed by atoms with Crippen LogP contribution in [0.15, 0.2) is 18.2 Å². The minimum absolute atomic E-state index is 0.106. The van der Waals surface area contributed by atoms with E-state index >= 15 is 0 Å². The maximum absolute atomic E-state index is 13.6. The summed E-state index contributed by atoms with van der Waals surface area (Å²) < 4.78 is 13.6. The van der Waals surface area contributed by atoms with Gasteiger partial charge in [-0.2, -0.15) is 0 Å². The van der Waals surface area contributed by atoms with Crippen molar-refractivity contribution >= 4 is 11.8 Å². The standard InChI is InChI=1S/C16H16FNO3/c1-16(2)9-14(20)18(15(16)21)10-11-5-6-13(17)12(8-11)4-3-7-19/h5-6,8,19H,7,9-10H2,1-2H3. The lowest BCUT2D eigenvalue weighted by molar-refractivity contribution is -0.141. The lowest BCUT2D eigenvalue weighted by Crippen LogP contribution is -2.32. The van der Waals surface area contributed by atoms with Crippen molar-refractivity contribution in [3.8, 4) is 11.8 Å². The Hall–Kier alpha value is -2.19. The summed E-state index contributed by atoms with van der Waals surface area (Å²) in [5, 5.41) is 8.65. The van der Waals surface area contributed by atoms with Crippen LogP contribution in [-0.4, -0.2) is 28.4 Å². The van der Waals surface area contributed by atoms with Crippen molar-refractivity contribution < 1.29 is 19.1 Å². The van der Waals surface area contributed by atoms with Crippen LogP contribution in [0.25, 0.3) is 0 Å². The number of carbonyl (C=O) groups is 2. The van der Waals surface area contributed by atoms with Crippen molar-refractivity contribution in [2.45, 2.75) is 26.8 Å². The van der Waals surface area contributed by atoms with Crippen molar-refractivity contribution in [3.05, 3.63) is 35.1 Å². The van der Waals surface area contributed by atoms with E-state index in [1.165, 1.54) is 23.1 Å². The van der Waals surface area contributed by atoms with Crippen LogP contribution in [-0.2, 0) is 16.1 Å². The van der Waals surface area contributed by atoms with Crippen LogP contribution in [0.2, 0.25) is 0 Å². The second-order valence-corrected chi connectivity index (χ2v) is 5.62. The molecule has 0 unspecified atom stereocenters. The van der Waals surface area contributed by atoms with E-state index in [1.54, 1.807) is 13.8 Å². The van der Waals surface area contributed by atoms with E-state index in [0.29, 0.717) is 5.56 Å². The van der Waals surface area contributed by atoms with Crippen molar-refractivity contribution in [2.75, 3.05) is 6.61 Å². The molecule has 1 fully saturated rings. The number of amides is 2. The highest BCUT2D eigenvalue weighted by Crippen LogP contribution is 2.32. The van der Waals surface area contributed by atoms with E-state index in [2.05, 4.69) is 11.8 Å². The van der Waals surface area contributed by atoms with Crippen LogP contribution < -0.4 is 0 Å². The Kier molecular flexibility index (Phi) is 4.10. The van der Waals surface area contributed by atoms with Gasteiger partial charge in [0.05, 0.1) is 17.5 Å². The number of aliphatic hydroxyl groups is 1. The summed E-state index contributed by atoms with van der Waals surface area (Å²) >= 11 is 0. The van der Waals surface area contributed by atoms with Gasteiger partial charge in [-0.1, -0.05) is 31.8 Å². The van der Waals surface area contributed by atoms with Crippen molar-refractivity contribution in [1.29, 1.82) is 0 Å². The van der Waals surface area contributed by atoms with Crippen LogP contribution in [0.3, 0.4) is 0 Å². The predicted octanol–water partition coefficient (Wildman–Crippen LogP) is 1.45. The van der Waals surface area contributed by atoms with E-state index < -0.39 is 11.2 Å². The van der Waals surface area contributed by atoms with Gasteiger partial charge in [-0.05, 0) is 17.7 Å². The topological polar surface area (TPSA) is 57.6 Å². The molecule has 0 radical (unpaired) electrons. The Labute approximate surface area is 122 Å². The molecule has 1 aliphatic rings. The molecule has 1 N–H and O–H groups in total. The largest absolute Gasteiger partial charge is 0.384 e. The predicted molar refractivity (Wildman–Crippen MR) is 74.3 cm³/mol. The molecule has 21 heavy (non-hydrogen) atoms. The number of aliphatic hydroxyl groups excluding tert-OH is 1. The molecule has 0 atom stereocenters. The smallest absolute Gasteiger partial charge is 0.235 e. The number of imide groups is 1. The number of benzene rings is 1. The SMILES string of the molecule is CC1(C)CC(=O)N(Cc2ccc(F)c(C#CCO)c2)C1=O. The van der Waals surface area contributed by atoms with Gasteiger partial charge < -0.3 is 5.11 Å². The van der Waals surface area contributed by atoms with Gasteiger partial charge in [-0.25, -0.2) is 4.39 Å². The number of hydrogen-bond acceptors (Lipinski definition) is 3. The highest BCUT2D eigenvalue weighted by Gasteiger charge is 2.44. The van der Waals surface area contributed by atoms with E-state index in [4.69, 9.17) is 5.11 Å². The van der Waals surface area contributed by atoms with Crippen LogP contribution >= 0.6 is 0 Å². The van der Waals surface area contributed by atoms with Gasteiger partial charge in [-0.15, -0.1) is 0 Å². The maximum Gasteiger partial charge on any atom is 0.235 e. The van der Waals surface area contributed by atoms with Crippen molar-refractivity contribution in [1.82, 2.24) is 4.90 Å². The summed E-state index contributed by atoms with van der Waals surface area (Å²) in [4.78, 5) is 25.2. The normalized spacial score (nSPS) is 16.9. The van der Waals surface area contributed by atoms with Crippen LogP contribution in [0, 0.1) is 23.1 Å². The first-order chi connectivity index (χ1) is 9.85. The van der Waals surface area contributed by atoms with Crippen molar-refractivity contribution in [3.63, 3.8) is 0 Å². The third-order valence-electron chi connectivity index (χ3n) is 3.39. The lowest BCUT2D eigenvalue weighted by atomic mass is 9.92. The average Bonchev–Trinajstić information content (AvgIpc) is 2.61. The molecule has 1 aliphatic heterocycles. The first-order valence-corrected chi connectivity index (χ1v) is 6.58. The first kappa shape index (κ1) is 15.2. The summed E-state index contributed by atoms with van der Waals surface area (Å²) in [6.45, 7) is 3.21. The Morgan fingerprint density at radius 2 is 2.10 bits per heavy atom. The van der Waals surface area contributed by atoms with E-state index in [1.807, 2.05) is 0 Å². The molecule has 1 saturated heterocycles. The molecule has 2 rings (SSSR count). The van der Waals surface area contributed by atoms with E-state index in [-0.39, 0.29) is 37.0 Å². The summed E-state index contributed by atoms with van der Waals surface area (Å²) in [6.07, 6.45) is 0.185. The molecule has 5 heteroatoms. The van der Waals surface area contributed by atoms with Crippen LogP contribution in [0.1, 0.15) is 31.4 Å². The zero-order valence-electron chi connectivity index (χ0n) is 11.9. The number of nitrogens with zero attached hydrogens (tertiary/aromatic N) is 1. The molecule has 0 bridgehead atoms. The summed E-state index contributed by atoms with van der Waals surface area (Å²) in [6, 6.07) is 4.25. The Balaban J connectivity index is 2.25. The number of carbonyl (C=O) groups excluding carboxylic acids is 2. The Morgan fingerprint density at radius 3 is 2.67 bits per heavy atom. The molecular weight excluding hydrogens is 273 g/mol. The van der Waals surface area contributed by atoms with Gasteiger partial charge in [0.2, 0.25) is 11.8 Å². The number of halogens is 1. The molecule has 4 nitrogen and oxygen atoms in total. The molecule has 0 spiro atoms. The number of likely N-dealkylation sites (tertiary alicyclic amines) is 1. The Morgan fingerprint density at radius 1 is 1.38 bits per heavy atom. The minimum atomic E-state index is -0.684. The summed E-state index contributed by atoms with van der Waals surface area (Å²) in [7, 11) is 0. The lowest BCUT2D eigenvalue weighted by Gasteiger charge is -2.18. The third-order valence-corrected chi connectivity index (χ3v) is 3.39. The molecule has 1 heterocycles. The molecule has 0 aliphatic carbocycles. The van der Waals surface area contributed by atoms with Crippen LogP contribution in [0.5, 0.6) is 0 Å². The molecule has 0 aromatic heterocycles. The van der Waals surface area contributed by atoms with Gasteiger partial charge >= 0.3 is 0 Å². The Bertz CT molecular complexity index is 655. The molecule has 2 amide bonds. The maximum atomic E-state index is 13.6. The highest BCUT2D eigenvalue weighted by molar-refractivity contribution is 6.05. The zero-order valence-corrected chi connectivity index (χ0v) is 11.9. The fraction of sp³-hybridized carbons (Fsp3) is 0.375. The minimum Gasteiger partial charge on any atom is -0.384 e. The third kappa shape index (κ3) is 3.11. The number of hydrogen-bond donors (Lipinski definition) is 1. The first-order valence-electron chi connectivity index (χ1n) is 6.58. The fourth-order valence-electron chi connectivity index (χ4n) is 2.27. The van der Waals surface area contributed by atoms with Gasteiger partial charge in [0.25, 0.3) is 0 Å². The average molecular weight is 289 g/mol. The molecule has 1 aromatic rings. The van der Waals surface area contributed by atoms with E-state index in [9.17, 15) is 14.0 Å². The summed E-state index contributed by atoms with van der Waals surface area (Å²) in [5.41, 5.74) is 0.0781. The number of rotatable bonds is 2. The molecule has 1 aromatic carbocycles. The van der Waals surface area contributed by atoms with Gasteiger partial charge in [0, 0.05) is 6.42 Å². The molecule has 110 valence electrons. The summed E-state index contributed by atoms with van der Waals surface area (Å²) in [5.74, 6) is 3.93. The monoisotopic (exact) mass is 289 g/mol. The van der Waals surface area contributed by atoms with Gasteiger partial charge in [0.1, 0.15) is 12.4 Å². The second kappa shape index (κ2) is 5.66. The van der Waals surface area contributed by atoms with Crippen molar-refractivity contribution in [2.24, 2.45) is 5.41 Å². The quantitative estimate of drug-likeness (QED) is 0.662. The zero-order chi connectivity index (χ0) is 15.6. The fourth-order valence-corrected chi connectivity index (χ4v) is 2.27. The molecular formula is C16H16FNO3. The van der Waals surface area contributed by atoms with Crippen LogP contribution in [0.4, 0.5) is 4.39 Å². The van der Waals surface area contributed by atoms with E-state index in [0.717, 1.165) is 0 Å². The van der Waals surface area contributed by atoms with Gasteiger partial charge in [0.15, 0.2) is 0 Å². The van der Waals surface area contributed by atoms with Gasteiger partial charge in [-0.3, -0.25) is 14.5 Å². The highest BCUT2D eigenvalue weighted by atomic mass is 19.1. The molecule has 0 saturated carbocycles. The second-order valence-electron chi connectivity index (χ2n) is 5.62.